The zero-order valence-electron chi connectivity index (χ0n) is 17.3. The second-order valence-corrected chi connectivity index (χ2v) is 8.10. The minimum absolute atomic E-state index is 0.216. The van der Waals surface area contributed by atoms with Gasteiger partial charge in [-0.25, -0.2) is 0 Å². The van der Waals surface area contributed by atoms with E-state index < -0.39 is 73.4 Å². The minimum atomic E-state index is -1.68. The van der Waals surface area contributed by atoms with Crippen LogP contribution in [0.15, 0.2) is 0 Å². The molecule has 0 aliphatic carbocycles. The van der Waals surface area contributed by atoms with E-state index in [1.165, 1.54) is 6.92 Å². The number of nitrogens with two attached hydrogens (primary N) is 1. The van der Waals surface area contributed by atoms with Crippen molar-refractivity contribution in [1.82, 2.24) is 5.32 Å². The fourth-order valence-corrected chi connectivity index (χ4v) is 3.57. The predicted molar refractivity (Wildman–Crippen MR) is 102 cm³/mol. The topological polar surface area (TPSA) is 224 Å². The molecule has 10 atom stereocenters. The van der Waals surface area contributed by atoms with Gasteiger partial charge in [-0.3, -0.25) is 10.1 Å². The SMILES string of the molecule is C[C@@]1(NCCCC[C@H](N)C(=O)O)OC[C@@H](O)[C@@H](O[C@H]2O[C@H](CO)[C@@H](O)[C@H](O)[C@H]2O)[C@@H]1O. The average molecular weight is 454 g/mol. The van der Waals surface area contributed by atoms with Crippen LogP contribution in [0.3, 0.4) is 0 Å². The molecule has 0 aromatic rings. The fraction of sp³-hybridized carbons (Fsp3) is 0.944. The molecule has 0 amide bonds. The summed E-state index contributed by atoms with van der Waals surface area (Å²) < 4.78 is 16.4. The first kappa shape index (κ1) is 26.3. The van der Waals surface area contributed by atoms with Gasteiger partial charge < -0.3 is 55.7 Å². The molecule has 0 spiro atoms. The van der Waals surface area contributed by atoms with Gasteiger partial charge in [0.1, 0.15) is 54.5 Å². The second kappa shape index (κ2) is 11.2. The normalized spacial score (nSPS) is 42.3. The molecule has 13 heteroatoms. The zero-order chi connectivity index (χ0) is 23.3. The Morgan fingerprint density at radius 1 is 1.19 bits per heavy atom. The summed E-state index contributed by atoms with van der Waals surface area (Å²) in [6.45, 7) is 1.03. The van der Waals surface area contributed by atoms with Crippen LogP contribution in [0, 0.1) is 0 Å². The lowest BCUT2D eigenvalue weighted by atomic mass is 9.94. The van der Waals surface area contributed by atoms with Crippen LogP contribution in [0.25, 0.3) is 0 Å². The number of carbonyl (C=O) groups is 1. The van der Waals surface area contributed by atoms with Gasteiger partial charge >= 0.3 is 5.97 Å². The highest BCUT2D eigenvalue weighted by molar-refractivity contribution is 5.72. The summed E-state index contributed by atoms with van der Waals surface area (Å²) in [5, 5.41) is 72.0. The van der Waals surface area contributed by atoms with Gasteiger partial charge in [0.2, 0.25) is 0 Å². The summed E-state index contributed by atoms with van der Waals surface area (Å²) in [6, 6.07) is -0.946. The third kappa shape index (κ3) is 6.30. The Kier molecular flexibility index (Phi) is 9.54. The van der Waals surface area contributed by atoms with Gasteiger partial charge in [0.05, 0.1) is 13.2 Å². The monoisotopic (exact) mass is 454 g/mol. The Hall–Kier alpha value is -0.970. The Labute approximate surface area is 179 Å². The van der Waals surface area contributed by atoms with Gasteiger partial charge in [-0.2, -0.15) is 0 Å². The molecule has 0 aromatic carbocycles. The summed E-state index contributed by atoms with van der Waals surface area (Å²) in [5.41, 5.74) is 4.11. The highest BCUT2D eigenvalue weighted by atomic mass is 16.7. The number of carboxylic acid groups (broad SMARTS) is 1. The van der Waals surface area contributed by atoms with Crippen molar-refractivity contribution in [2.45, 2.75) is 87.0 Å². The van der Waals surface area contributed by atoms with Crippen molar-refractivity contribution < 1.29 is 54.8 Å². The lowest BCUT2D eigenvalue weighted by Crippen LogP contribution is -2.68. The van der Waals surface area contributed by atoms with Crippen LogP contribution in [0.1, 0.15) is 26.2 Å². The predicted octanol–water partition coefficient (Wildman–Crippen LogP) is -4.19. The number of nitrogens with one attached hydrogen (secondary N) is 1. The van der Waals surface area contributed by atoms with Crippen LogP contribution in [0.2, 0.25) is 0 Å². The van der Waals surface area contributed by atoms with Gasteiger partial charge in [0.15, 0.2) is 6.29 Å². The number of unbranched alkanes of at least 4 members (excludes halogenated alkanes) is 1. The van der Waals surface area contributed by atoms with Crippen molar-refractivity contribution in [3.8, 4) is 0 Å². The third-order valence-electron chi connectivity index (χ3n) is 5.68. The number of aliphatic carboxylic acids is 1. The number of hydrogen-bond acceptors (Lipinski definition) is 12. The van der Waals surface area contributed by atoms with Crippen LogP contribution < -0.4 is 11.1 Å². The first-order valence-corrected chi connectivity index (χ1v) is 10.2. The summed E-state index contributed by atoms with van der Waals surface area (Å²) >= 11 is 0. The number of rotatable bonds is 10. The fourth-order valence-electron chi connectivity index (χ4n) is 3.57. The maximum absolute atomic E-state index is 10.8. The summed E-state index contributed by atoms with van der Waals surface area (Å²) in [6.07, 6.45) is -10.3. The van der Waals surface area contributed by atoms with Crippen molar-refractivity contribution >= 4 is 5.97 Å². The largest absolute Gasteiger partial charge is 0.480 e. The molecule has 13 nitrogen and oxygen atoms in total. The van der Waals surface area contributed by atoms with Gasteiger partial charge in [0.25, 0.3) is 0 Å². The number of ether oxygens (including phenoxy) is 3. The lowest BCUT2D eigenvalue weighted by molar-refractivity contribution is -0.344. The molecular weight excluding hydrogens is 420 g/mol. The molecule has 2 fully saturated rings. The van der Waals surface area contributed by atoms with E-state index in [2.05, 4.69) is 5.32 Å². The number of hydrogen-bond donors (Lipinski definition) is 9. The molecule has 0 saturated carbocycles. The Bertz CT molecular complexity index is 583. The van der Waals surface area contributed by atoms with Crippen molar-refractivity contribution in [2.75, 3.05) is 19.8 Å². The summed E-state index contributed by atoms with van der Waals surface area (Å²) in [5.74, 6) is -1.08. The van der Waals surface area contributed by atoms with E-state index in [4.69, 9.17) is 25.1 Å². The Morgan fingerprint density at radius 3 is 2.48 bits per heavy atom. The molecule has 2 rings (SSSR count). The standard InChI is InChI=1S/C18H34N2O11/c1-18(20-5-3-2-4-8(19)16(27)28)15(26)14(9(22)7-29-18)31-17-13(25)12(24)11(23)10(6-21)30-17/h8-15,17,20-26H,2-7,19H2,1H3,(H,27,28)/t8-,9+,10+,11+,12-,13+,14+,15-,17+,18+/m0/s1. The first-order valence-electron chi connectivity index (χ1n) is 10.2. The Balaban J connectivity index is 1.94. The lowest BCUT2D eigenvalue weighted by Gasteiger charge is -2.48. The van der Waals surface area contributed by atoms with Crippen LogP contribution in [-0.2, 0) is 19.0 Å². The van der Waals surface area contributed by atoms with Crippen LogP contribution in [-0.4, -0.2) is 122 Å². The summed E-state index contributed by atoms with van der Waals surface area (Å²) in [4.78, 5) is 10.7. The third-order valence-corrected chi connectivity index (χ3v) is 5.68. The molecular formula is C18H34N2O11. The van der Waals surface area contributed by atoms with Crippen molar-refractivity contribution in [3.05, 3.63) is 0 Å². The molecule has 2 heterocycles. The van der Waals surface area contributed by atoms with Crippen LogP contribution in [0.4, 0.5) is 0 Å². The maximum atomic E-state index is 10.8. The molecule has 0 bridgehead atoms. The Morgan fingerprint density at radius 2 is 1.87 bits per heavy atom. The van der Waals surface area contributed by atoms with E-state index in [1.807, 2.05) is 0 Å². The minimum Gasteiger partial charge on any atom is -0.480 e. The quantitative estimate of drug-likeness (QED) is 0.143. The second-order valence-electron chi connectivity index (χ2n) is 8.10. The molecule has 2 saturated heterocycles. The molecule has 2 aliphatic rings. The molecule has 0 aromatic heterocycles. The van der Waals surface area contributed by atoms with E-state index >= 15 is 0 Å². The van der Waals surface area contributed by atoms with E-state index in [0.717, 1.165) is 0 Å². The zero-order valence-corrected chi connectivity index (χ0v) is 17.3. The molecule has 10 N–H and O–H groups in total. The molecule has 31 heavy (non-hydrogen) atoms. The summed E-state index contributed by atoms with van der Waals surface area (Å²) in [7, 11) is 0. The highest BCUT2D eigenvalue weighted by Gasteiger charge is 2.51. The number of aliphatic hydroxyl groups is 6. The van der Waals surface area contributed by atoms with Gasteiger partial charge in [0, 0.05) is 0 Å². The van der Waals surface area contributed by atoms with Crippen LogP contribution >= 0.6 is 0 Å². The maximum Gasteiger partial charge on any atom is 0.320 e. The molecule has 2 aliphatic heterocycles. The van der Waals surface area contributed by atoms with Crippen molar-refractivity contribution in [2.24, 2.45) is 5.73 Å². The van der Waals surface area contributed by atoms with E-state index in [9.17, 15) is 35.4 Å². The molecule has 182 valence electrons. The van der Waals surface area contributed by atoms with E-state index in [1.54, 1.807) is 0 Å². The molecule has 0 unspecified atom stereocenters. The van der Waals surface area contributed by atoms with Gasteiger partial charge in [-0.15, -0.1) is 0 Å². The smallest absolute Gasteiger partial charge is 0.320 e. The average Bonchev–Trinajstić information content (AvgIpc) is 2.73. The van der Waals surface area contributed by atoms with Crippen molar-refractivity contribution in [3.63, 3.8) is 0 Å². The first-order chi connectivity index (χ1) is 14.5. The van der Waals surface area contributed by atoms with Gasteiger partial charge in [-0.05, 0) is 26.3 Å². The van der Waals surface area contributed by atoms with E-state index in [-0.39, 0.29) is 6.61 Å². The van der Waals surface area contributed by atoms with Gasteiger partial charge in [-0.1, -0.05) is 6.42 Å². The molecule has 0 radical (unpaired) electrons. The highest BCUT2D eigenvalue weighted by Crippen LogP contribution is 2.30. The van der Waals surface area contributed by atoms with E-state index in [0.29, 0.717) is 25.8 Å². The number of carboxylic acids is 1. The van der Waals surface area contributed by atoms with Crippen LogP contribution in [0.5, 0.6) is 0 Å². The number of aliphatic hydroxyl groups excluding tert-OH is 6. The van der Waals surface area contributed by atoms with Crippen molar-refractivity contribution in [1.29, 1.82) is 0 Å².